The van der Waals surface area contributed by atoms with Gasteiger partial charge in [0.15, 0.2) is 0 Å². The van der Waals surface area contributed by atoms with Crippen molar-refractivity contribution in [3.05, 3.63) is 170 Å². The monoisotopic (exact) mass is 668 g/mol. The third-order valence-corrected chi connectivity index (χ3v) is 11.4. The maximum absolute atomic E-state index is 4.75. The van der Waals surface area contributed by atoms with Gasteiger partial charge >= 0.3 is 0 Å². The van der Waals surface area contributed by atoms with E-state index >= 15 is 0 Å². The Morgan fingerprint density at radius 2 is 0.961 bits per heavy atom. The van der Waals surface area contributed by atoms with Crippen molar-refractivity contribution >= 4 is 75.3 Å². The SMILES string of the molecule is c1cc(-c2ccc3c(c2)c2ccccc2n3-c2ccc(-c3ncnc4c3sc3ccccc34)cc2)cc(-n2c3ccccc3c3ccccc32)c1. The van der Waals surface area contributed by atoms with Crippen LogP contribution < -0.4 is 0 Å². The average Bonchev–Trinajstić information content (AvgIpc) is 3.86. The zero-order chi connectivity index (χ0) is 33.5. The molecule has 5 heteroatoms. The Kier molecular flexibility index (Phi) is 6.09. The van der Waals surface area contributed by atoms with E-state index in [9.17, 15) is 0 Å². The molecule has 4 aromatic heterocycles. The van der Waals surface area contributed by atoms with E-state index in [2.05, 4.69) is 178 Å². The fraction of sp³-hybridized carbons (Fsp3) is 0. The van der Waals surface area contributed by atoms with E-state index in [0.29, 0.717) is 0 Å². The number of aromatic nitrogens is 4. The van der Waals surface area contributed by atoms with Crippen LogP contribution in [0.15, 0.2) is 170 Å². The molecule has 0 aliphatic heterocycles. The second-order valence-corrected chi connectivity index (χ2v) is 14.1. The average molecular weight is 669 g/mol. The largest absolute Gasteiger partial charge is 0.309 e. The van der Waals surface area contributed by atoms with Gasteiger partial charge in [-0.05, 0) is 71.8 Å². The maximum Gasteiger partial charge on any atom is 0.116 e. The van der Waals surface area contributed by atoms with Gasteiger partial charge in [0.2, 0.25) is 0 Å². The smallest absolute Gasteiger partial charge is 0.116 e. The van der Waals surface area contributed by atoms with Gasteiger partial charge in [0.1, 0.15) is 6.33 Å². The minimum atomic E-state index is 0.975. The summed E-state index contributed by atoms with van der Waals surface area (Å²) in [6.07, 6.45) is 1.69. The molecule has 0 radical (unpaired) electrons. The minimum absolute atomic E-state index is 0.975. The molecule has 0 amide bonds. The molecule has 238 valence electrons. The van der Waals surface area contributed by atoms with E-state index in [-0.39, 0.29) is 0 Å². The molecule has 0 unspecified atom stereocenters. The Bertz CT molecular complexity index is 3090. The summed E-state index contributed by atoms with van der Waals surface area (Å²) < 4.78 is 7.11. The number of hydrogen-bond donors (Lipinski definition) is 0. The molecule has 0 spiro atoms. The number of hydrogen-bond acceptors (Lipinski definition) is 3. The number of para-hydroxylation sites is 3. The maximum atomic E-state index is 4.75. The van der Waals surface area contributed by atoms with Gasteiger partial charge in [-0.25, -0.2) is 9.97 Å². The van der Waals surface area contributed by atoms with Gasteiger partial charge in [-0.2, -0.15) is 0 Å². The Morgan fingerprint density at radius 3 is 1.69 bits per heavy atom. The Balaban J connectivity index is 1.02. The molecule has 0 aliphatic rings. The van der Waals surface area contributed by atoms with Gasteiger partial charge in [-0.1, -0.05) is 103 Å². The molecular formula is C46H28N4S. The quantitative estimate of drug-likeness (QED) is 0.187. The van der Waals surface area contributed by atoms with Crippen molar-refractivity contribution in [2.24, 2.45) is 0 Å². The Labute approximate surface area is 297 Å². The van der Waals surface area contributed by atoms with E-state index in [1.165, 1.54) is 64.8 Å². The molecule has 0 N–H and O–H groups in total. The molecule has 0 saturated carbocycles. The van der Waals surface area contributed by atoms with Crippen molar-refractivity contribution in [1.29, 1.82) is 0 Å². The molecule has 4 nitrogen and oxygen atoms in total. The standard InChI is InChI=1S/C46H28N4S/c1-5-16-39-34(12-1)35-13-2-6-17-40(35)50(39)33-11-9-10-30(26-33)31-22-25-42-38(27-31)36-14-3-7-18-41(36)49(42)32-23-20-29(21-24-32)44-46-45(48-28-47-44)37-15-4-8-19-43(37)51-46/h1-28H. The van der Waals surface area contributed by atoms with Gasteiger partial charge in [-0.15, -0.1) is 11.3 Å². The van der Waals surface area contributed by atoms with Gasteiger partial charge in [0.25, 0.3) is 0 Å². The van der Waals surface area contributed by atoms with Crippen molar-refractivity contribution in [2.75, 3.05) is 0 Å². The third kappa shape index (κ3) is 4.25. The first-order chi connectivity index (χ1) is 25.3. The van der Waals surface area contributed by atoms with Crippen LogP contribution in [0.3, 0.4) is 0 Å². The second-order valence-electron chi connectivity index (χ2n) is 13.0. The molecule has 0 aliphatic carbocycles. The van der Waals surface area contributed by atoms with Gasteiger partial charge in [0, 0.05) is 48.6 Å². The van der Waals surface area contributed by atoms with Gasteiger partial charge in [0.05, 0.1) is 38.0 Å². The number of fused-ring (bicyclic) bond motifs is 9. The first-order valence-electron chi connectivity index (χ1n) is 17.2. The molecule has 0 atom stereocenters. The summed E-state index contributed by atoms with van der Waals surface area (Å²) in [5.41, 5.74) is 12.5. The third-order valence-electron chi connectivity index (χ3n) is 10.2. The molecule has 4 heterocycles. The molecular weight excluding hydrogens is 641 g/mol. The van der Waals surface area contributed by atoms with Crippen molar-refractivity contribution < 1.29 is 0 Å². The highest BCUT2D eigenvalue weighted by Gasteiger charge is 2.17. The van der Waals surface area contributed by atoms with Gasteiger partial charge < -0.3 is 9.13 Å². The van der Waals surface area contributed by atoms with E-state index in [1.54, 1.807) is 17.7 Å². The Hall–Kier alpha value is -6.56. The van der Waals surface area contributed by atoms with Crippen LogP contribution in [0.25, 0.3) is 97.7 Å². The van der Waals surface area contributed by atoms with Crippen molar-refractivity contribution in [2.45, 2.75) is 0 Å². The van der Waals surface area contributed by atoms with E-state index < -0.39 is 0 Å². The lowest BCUT2D eigenvalue weighted by molar-refractivity contribution is 1.18. The normalized spacial score (nSPS) is 11.9. The molecule has 0 saturated heterocycles. The first-order valence-corrected chi connectivity index (χ1v) is 18.0. The van der Waals surface area contributed by atoms with Crippen molar-refractivity contribution in [1.82, 2.24) is 19.1 Å². The lowest BCUT2D eigenvalue weighted by Crippen LogP contribution is -1.95. The summed E-state index contributed by atoms with van der Waals surface area (Å²) in [4.78, 5) is 9.39. The Morgan fingerprint density at radius 1 is 0.392 bits per heavy atom. The molecule has 7 aromatic carbocycles. The number of benzene rings is 7. The van der Waals surface area contributed by atoms with E-state index in [1.807, 2.05) is 0 Å². The number of nitrogens with zero attached hydrogens (tertiary/aromatic N) is 4. The second kappa shape index (κ2) is 11.0. The molecule has 11 aromatic rings. The molecule has 0 fully saturated rings. The highest BCUT2D eigenvalue weighted by molar-refractivity contribution is 7.26. The lowest BCUT2D eigenvalue weighted by atomic mass is 10.0. The van der Waals surface area contributed by atoms with Crippen LogP contribution in [0.1, 0.15) is 0 Å². The minimum Gasteiger partial charge on any atom is -0.309 e. The predicted molar refractivity (Wildman–Crippen MR) is 214 cm³/mol. The summed E-state index contributed by atoms with van der Waals surface area (Å²) >= 11 is 1.76. The zero-order valence-corrected chi connectivity index (χ0v) is 28.2. The van der Waals surface area contributed by atoms with Crippen LogP contribution >= 0.6 is 11.3 Å². The number of rotatable bonds is 4. The summed E-state index contributed by atoms with van der Waals surface area (Å²) in [6.45, 7) is 0. The summed E-state index contributed by atoms with van der Waals surface area (Å²) in [7, 11) is 0. The van der Waals surface area contributed by atoms with Crippen LogP contribution in [-0.2, 0) is 0 Å². The van der Waals surface area contributed by atoms with Crippen LogP contribution in [0.2, 0.25) is 0 Å². The summed E-state index contributed by atoms with van der Waals surface area (Å²) in [6, 6.07) is 59.2. The molecule has 51 heavy (non-hydrogen) atoms. The fourth-order valence-electron chi connectivity index (χ4n) is 7.95. The highest BCUT2D eigenvalue weighted by atomic mass is 32.1. The predicted octanol–water partition coefficient (Wildman–Crippen LogP) is 12.4. The topological polar surface area (TPSA) is 35.6 Å². The highest BCUT2D eigenvalue weighted by Crippen LogP contribution is 2.40. The fourth-order valence-corrected chi connectivity index (χ4v) is 9.12. The molecule has 0 bridgehead atoms. The first kappa shape index (κ1) is 28.3. The van der Waals surface area contributed by atoms with Crippen molar-refractivity contribution in [3.63, 3.8) is 0 Å². The number of thiophene rings is 1. The van der Waals surface area contributed by atoms with E-state index in [4.69, 9.17) is 4.98 Å². The zero-order valence-electron chi connectivity index (χ0n) is 27.4. The van der Waals surface area contributed by atoms with Crippen LogP contribution in [0, 0.1) is 0 Å². The van der Waals surface area contributed by atoms with E-state index in [0.717, 1.165) is 32.8 Å². The van der Waals surface area contributed by atoms with Crippen LogP contribution in [0.5, 0.6) is 0 Å². The van der Waals surface area contributed by atoms with Gasteiger partial charge in [-0.3, -0.25) is 0 Å². The van der Waals surface area contributed by atoms with Crippen LogP contribution in [-0.4, -0.2) is 19.1 Å². The summed E-state index contributed by atoms with van der Waals surface area (Å²) in [5, 5.41) is 6.19. The summed E-state index contributed by atoms with van der Waals surface area (Å²) in [5.74, 6) is 0. The lowest BCUT2D eigenvalue weighted by Gasteiger charge is -2.11. The molecule has 11 rings (SSSR count). The van der Waals surface area contributed by atoms with Crippen molar-refractivity contribution in [3.8, 4) is 33.8 Å². The van der Waals surface area contributed by atoms with Crippen LogP contribution in [0.4, 0.5) is 0 Å².